The molecule has 0 fully saturated rings. The van der Waals surface area contributed by atoms with Gasteiger partial charge in [-0.2, -0.15) is 0 Å². The van der Waals surface area contributed by atoms with E-state index in [9.17, 15) is 0 Å². The second-order valence-corrected chi connectivity index (χ2v) is 17.7. The molecular weight excluding hydrogens is 729 g/mol. The summed E-state index contributed by atoms with van der Waals surface area (Å²) >= 11 is 0. The standard InChI is InChI=1S/C57H48N2O/c1-57(2)50-17-9-6-14-45(50)46-33-32-44(36-51(46)57)58(41-26-20-38(21-27-41)37-12-4-3-5-13-37)42-28-22-39(23-29-42)40-24-30-43(31-25-40)59-52-18-10-7-15-47(52)48-34-35-54-55(56(48)59)49-16-8-11-19-53(49)60-54/h4,6-7,9,11-15,17,19-26,28-36,41H,3,5,8,10,16,18,27H2,1-2H3. The third-order valence-corrected chi connectivity index (χ3v) is 13.9. The molecular formula is C57H48N2O. The maximum Gasteiger partial charge on any atom is 0.137 e. The fraction of sp³-hybridized carbons (Fsp3) is 0.193. The number of hydrogen-bond acceptors (Lipinski definition) is 2. The summed E-state index contributed by atoms with van der Waals surface area (Å²) in [5.41, 5.74) is 20.6. The summed E-state index contributed by atoms with van der Waals surface area (Å²) in [4.78, 5) is 2.56. The van der Waals surface area contributed by atoms with Crippen molar-refractivity contribution in [2.24, 2.45) is 0 Å². The first kappa shape index (κ1) is 35.4. The zero-order valence-corrected chi connectivity index (χ0v) is 34.4. The molecule has 2 aromatic heterocycles. The number of benzene rings is 5. The van der Waals surface area contributed by atoms with Crippen LogP contribution in [0.2, 0.25) is 0 Å². The Morgan fingerprint density at radius 1 is 0.650 bits per heavy atom. The molecule has 3 nitrogen and oxygen atoms in total. The van der Waals surface area contributed by atoms with Crippen molar-refractivity contribution in [1.29, 1.82) is 0 Å². The Hall–Kier alpha value is -6.58. The van der Waals surface area contributed by atoms with Gasteiger partial charge in [0.15, 0.2) is 0 Å². The number of nitrogens with zero attached hydrogens (tertiary/aromatic N) is 2. The number of allylic oxidation sites excluding steroid dienone is 8. The van der Waals surface area contributed by atoms with Crippen LogP contribution in [-0.2, 0) is 18.3 Å². The average Bonchev–Trinajstić information content (AvgIpc) is 3.93. The number of aryl methyl sites for hydroxylation is 1. The van der Waals surface area contributed by atoms with E-state index in [-0.39, 0.29) is 11.5 Å². The highest BCUT2D eigenvalue weighted by atomic mass is 16.3. The van der Waals surface area contributed by atoms with Crippen LogP contribution in [0.1, 0.15) is 79.7 Å². The van der Waals surface area contributed by atoms with Gasteiger partial charge in [-0.15, -0.1) is 0 Å². The highest BCUT2D eigenvalue weighted by Crippen LogP contribution is 2.50. The van der Waals surface area contributed by atoms with Crippen molar-refractivity contribution >= 4 is 45.4 Å². The average molecular weight is 777 g/mol. The van der Waals surface area contributed by atoms with Crippen molar-refractivity contribution in [3.8, 4) is 27.9 Å². The van der Waals surface area contributed by atoms with E-state index in [1.807, 2.05) is 0 Å². The SMILES string of the molecule is CC1(C)c2ccccc2-c2ccc(N(c3ccc(-c4ccc(-n5c6c(c7ccc8oc9c(c8c75)CCC=C9)C=CCC6)cc4)cc3)C3C=CC(C4=CCCC=C4)=CC3)cc21. The molecule has 0 spiro atoms. The van der Waals surface area contributed by atoms with Gasteiger partial charge in [0.05, 0.1) is 11.6 Å². The Labute approximate surface area is 352 Å². The quantitative estimate of drug-likeness (QED) is 0.168. The number of fused-ring (bicyclic) bond motifs is 10. The fourth-order valence-corrected chi connectivity index (χ4v) is 10.9. The molecule has 0 saturated carbocycles. The van der Waals surface area contributed by atoms with Crippen molar-refractivity contribution in [2.75, 3.05) is 4.90 Å². The summed E-state index contributed by atoms with van der Waals surface area (Å²) in [6.45, 7) is 4.75. The van der Waals surface area contributed by atoms with E-state index in [0.29, 0.717) is 0 Å². The lowest BCUT2D eigenvalue weighted by Gasteiger charge is -2.34. The Balaban J connectivity index is 0.907. The minimum absolute atomic E-state index is 0.0664. The Morgan fingerprint density at radius 3 is 2.22 bits per heavy atom. The third kappa shape index (κ3) is 5.48. The van der Waals surface area contributed by atoms with Crippen molar-refractivity contribution < 1.29 is 4.42 Å². The largest absolute Gasteiger partial charge is 0.456 e. The number of aromatic nitrogens is 1. The lowest BCUT2D eigenvalue weighted by molar-refractivity contribution is 0.595. The lowest BCUT2D eigenvalue weighted by Crippen LogP contribution is -2.30. The van der Waals surface area contributed by atoms with Gasteiger partial charge in [-0.3, -0.25) is 0 Å². The van der Waals surface area contributed by atoms with Crippen LogP contribution in [0.5, 0.6) is 0 Å². The van der Waals surface area contributed by atoms with Gasteiger partial charge in [0.1, 0.15) is 11.3 Å². The van der Waals surface area contributed by atoms with Crippen LogP contribution in [0.15, 0.2) is 167 Å². The smallest absolute Gasteiger partial charge is 0.137 e. The minimum Gasteiger partial charge on any atom is -0.456 e. The minimum atomic E-state index is -0.0664. The summed E-state index contributed by atoms with van der Waals surface area (Å²) in [5, 5.41) is 2.59. The van der Waals surface area contributed by atoms with Gasteiger partial charge in [0.2, 0.25) is 0 Å². The van der Waals surface area contributed by atoms with E-state index in [0.717, 1.165) is 56.3 Å². The first-order valence-electron chi connectivity index (χ1n) is 22.0. The van der Waals surface area contributed by atoms with Crippen LogP contribution in [0, 0.1) is 0 Å². The first-order valence-corrected chi connectivity index (χ1v) is 22.0. The summed E-state index contributed by atoms with van der Waals surface area (Å²) in [5.74, 6) is 1.02. The maximum atomic E-state index is 6.43. The molecule has 1 unspecified atom stereocenters. The van der Waals surface area contributed by atoms with Crippen molar-refractivity contribution in [3.05, 3.63) is 197 Å². The second-order valence-electron chi connectivity index (χ2n) is 17.7. The molecule has 5 aliphatic carbocycles. The molecule has 5 aromatic carbocycles. The molecule has 0 aliphatic heterocycles. The highest BCUT2D eigenvalue weighted by molar-refractivity contribution is 6.11. The summed E-state index contributed by atoms with van der Waals surface area (Å²) in [6, 6.07) is 39.2. The Kier molecular flexibility index (Phi) is 8.10. The maximum absolute atomic E-state index is 6.43. The predicted molar refractivity (Wildman–Crippen MR) is 251 cm³/mol. The molecule has 0 amide bonds. The summed E-state index contributed by atoms with van der Waals surface area (Å²) in [7, 11) is 0. The predicted octanol–water partition coefficient (Wildman–Crippen LogP) is 14.9. The molecule has 0 saturated heterocycles. The van der Waals surface area contributed by atoms with E-state index in [1.165, 1.54) is 94.7 Å². The van der Waals surface area contributed by atoms with Crippen molar-refractivity contribution in [3.63, 3.8) is 0 Å². The number of furan rings is 1. The van der Waals surface area contributed by atoms with E-state index in [1.54, 1.807) is 0 Å². The Morgan fingerprint density at radius 2 is 1.40 bits per heavy atom. The van der Waals surface area contributed by atoms with Crippen LogP contribution in [0.25, 0.3) is 62.0 Å². The molecule has 7 aromatic rings. The van der Waals surface area contributed by atoms with Gasteiger partial charge in [-0.25, -0.2) is 0 Å². The van der Waals surface area contributed by atoms with Gasteiger partial charge >= 0.3 is 0 Å². The van der Waals surface area contributed by atoms with Gasteiger partial charge < -0.3 is 13.9 Å². The van der Waals surface area contributed by atoms with E-state index in [2.05, 4.69) is 187 Å². The molecule has 3 heteroatoms. The van der Waals surface area contributed by atoms with E-state index >= 15 is 0 Å². The van der Waals surface area contributed by atoms with Crippen LogP contribution in [0.3, 0.4) is 0 Å². The Bertz CT molecular complexity index is 3080. The molecule has 5 aliphatic rings. The van der Waals surface area contributed by atoms with Crippen LogP contribution in [0.4, 0.5) is 11.4 Å². The fourth-order valence-electron chi connectivity index (χ4n) is 10.9. The van der Waals surface area contributed by atoms with Crippen molar-refractivity contribution in [2.45, 2.75) is 70.3 Å². The third-order valence-electron chi connectivity index (χ3n) is 13.9. The monoisotopic (exact) mass is 776 g/mol. The molecule has 60 heavy (non-hydrogen) atoms. The van der Waals surface area contributed by atoms with Gasteiger partial charge in [0.25, 0.3) is 0 Å². The summed E-state index contributed by atoms with van der Waals surface area (Å²) < 4.78 is 8.96. The van der Waals surface area contributed by atoms with Crippen molar-refractivity contribution in [1.82, 2.24) is 4.57 Å². The first-order chi connectivity index (χ1) is 29.5. The zero-order valence-electron chi connectivity index (χ0n) is 34.4. The molecule has 292 valence electrons. The van der Waals surface area contributed by atoms with E-state index < -0.39 is 0 Å². The summed E-state index contributed by atoms with van der Waals surface area (Å²) in [6.07, 6.45) is 30.6. The molecule has 0 radical (unpaired) electrons. The molecule has 12 rings (SSSR count). The number of anilines is 2. The number of rotatable bonds is 6. The van der Waals surface area contributed by atoms with Crippen LogP contribution >= 0.6 is 0 Å². The van der Waals surface area contributed by atoms with Crippen LogP contribution in [-0.4, -0.2) is 10.6 Å². The highest BCUT2D eigenvalue weighted by Gasteiger charge is 2.36. The zero-order chi connectivity index (χ0) is 40.0. The molecule has 1 atom stereocenters. The van der Waals surface area contributed by atoms with Gasteiger partial charge in [0, 0.05) is 50.1 Å². The second kappa shape index (κ2) is 13.7. The molecule has 0 N–H and O–H groups in total. The topological polar surface area (TPSA) is 21.3 Å². The molecule has 0 bridgehead atoms. The van der Waals surface area contributed by atoms with Gasteiger partial charge in [-0.1, -0.05) is 123 Å². The normalized spacial score (nSPS) is 18.3. The molecule has 2 heterocycles. The van der Waals surface area contributed by atoms with Crippen LogP contribution < -0.4 is 4.90 Å². The lowest BCUT2D eigenvalue weighted by atomic mass is 9.82. The number of hydrogen-bond donors (Lipinski definition) is 0. The van der Waals surface area contributed by atoms with Gasteiger partial charge in [-0.05, 0) is 144 Å². The van der Waals surface area contributed by atoms with E-state index in [4.69, 9.17) is 4.42 Å².